The van der Waals surface area contributed by atoms with Crippen LogP contribution in [0.3, 0.4) is 0 Å². The quantitative estimate of drug-likeness (QED) is 0.563. The van der Waals surface area contributed by atoms with Crippen LogP contribution >= 0.6 is 0 Å². The van der Waals surface area contributed by atoms with E-state index in [9.17, 15) is 0 Å². The Bertz CT molecular complexity index is 185. The van der Waals surface area contributed by atoms with Crippen LogP contribution in [0.5, 0.6) is 0 Å². The first-order valence-corrected chi connectivity index (χ1v) is 3.85. The van der Waals surface area contributed by atoms with E-state index in [1.165, 1.54) is 25.9 Å². The summed E-state index contributed by atoms with van der Waals surface area (Å²) < 4.78 is 2.17. The fourth-order valence-corrected chi connectivity index (χ4v) is 1.45. The van der Waals surface area contributed by atoms with Crippen molar-refractivity contribution in [2.75, 3.05) is 18.1 Å². The van der Waals surface area contributed by atoms with E-state index in [4.69, 9.17) is 0 Å². The average molecular weight is 136 g/mol. The molecule has 2 heteroatoms. The molecular formula is C8H12N2. The van der Waals surface area contributed by atoms with Gasteiger partial charge in [-0.05, 0) is 25.0 Å². The van der Waals surface area contributed by atoms with Gasteiger partial charge in [0.15, 0.2) is 0 Å². The van der Waals surface area contributed by atoms with Gasteiger partial charge in [0.25, 0.3) is 0 Å². The molecule has 0 bridgehead atoms. The van der Waals surface area contributed by atoms with Crippen LogP contribution in [0.4, 0.5) is 0 Å². The number of aromatic nitrogens is 1. The van der Waals surface area contributed by atoms with E-state index in [0.717, 1.165) is 0 Å². The smallest absolute Gasteiger partial charge is 0.0345 e. The molecule has 1 aliphatic heterocycles. The van der Waals surface area contributed by atoms with Gasteiger partial charge in [-0.15, -0.1) is 0 Å². The first kappa shape index (κ1) is 5.83. The minimum absolute atomic E-state index is 1.22. The maximum atomic E-state index is 2.36. The van der Waals surface area contributed by atoms with E-state index in [2.05, 4.69) is 34.2 Å². The molecule has 0 N–H and O–H groups in total. The van der Waals surface area contributed by atoms with Crippen molar-refractivity contribution < 1.29 is 0 Å². The summed E-state index contributed by atoms with van der Waals surface area (Å²) in [4.78, 5) is 0. The normalized spacial score (nSPS) is 18.2. The molecule has 2 nitrogen and oxygen atoms in total. The van der Waals surface area contributed by atoms with Crippen LogP contribution in [-0.4, -0.2) is 17.8 Å². The molecule has 1 saturated heterocycles. The third kappa shape index (κ3) is 0.897. The number of nitrogens with zero attached hydrogens (tertiary/aromatic N) is 2. The minimum atomic E-state index is 1.22. The monoisotopic (exact) mass is 136 g/mol. The largest absolute Gasteiger partial charge is 0.313 e. The standard InChI is InChI=1S/C8H12N2/c1-2-6-9(5-1)10-7-3-4-8-10/h1-2,5-6H,3-4,7-8H2. The van der Waals surface area contributed by atoms with Crippen LogP contribution in [0.1, 0.15) is 12.8 Å². The van der Waals surface area contributed by atoms with Crippen LogP contribution in [0, 0.1) is 0 Å². The Morgan fingerprint density at radius 2 is 1.50 bits per heavy atom. The summed E-state index contributed by atoms with van der Waals surface area (Å²) in [6, 6.07) is 4.14. The van der Waals surface area contributed by atoms with Crippen LogP contribution < -0.4 is 5.01 Å². The maximum Gasteiger partial charge on any atom is 0.0345 e. The first-order valence-electron chi connectivity index (χ1n) is 3.85. The summed E-state index contributed by atoms with van der Waals surface area (Å²) in [6.45, 7) is 2.43. The van der Waals surface area contributed by atoms with Crippen molar-refractivity contribution in [2.45, 2.75) is 12.8 Å². The molecule has 0 spiro atoms. The maximum absolute atomic E-state index is 2.36. The van der Waals surface area contributed by atoms with E-state index in [-0.39, 0.29) is 0 Å². The fraction of sp³-hybridized carbons (Fsp3) is 0.500. The van der Waals surface area contributed by atoms with E-state index in [0.29, 0.717) is 0 Å². The third-order valence-electron chi connectivity index (χ3n) is 2.00. The van der Waals surface area contributed by atoms with E-state index < -0.39 is 0 Å². The zero-order chi connectivity index (χ0) is 6.81. The summed E-state index contributed by atoms with van der Waals surface area (Å²) >= 11 is 0. The van der Waals surface area contributed by atoms with Gasteiger partial charge in [-0.25, -0.2) is 0 Å². The lowest BCUT2D eigenvalue weighted by molar-refractivity contribution is 0.667. The van der Waals surface area contributed by atoms with E-state index in [1.807, 2.05) is 0 Å². The molecule has 1 aromatic heterocycles. The summed E-state index contributed by atoms with van der Waals surface area (Å²) in [5.74, 6) is 0. The van der Waals surface area contributed by atoms with Crippen molar-refractivity contribution in [2.24, 2.45) is 0 Å². The Kier molecular flexibility index (Phi) is 1.38. The Labute approximate surface area is 61.0 Å². The predicted octanol–water partition coefficient (Wildman–Crippen LogP) is 1.22. The second-order valence-corrected chi connectivity index (χ2v) is 2.72. The number of hydrogen-bond acceptors (Lipinski definition) is 1. The van der Waals surface area contributed by atoms with E-state index in [1.54, 1.807) is 0 Å². The van der Waals surface area contributed by atoms with E-state index >= 15 is 0 Å². The van der Waals surface area contributed by atoms with Gasteiger partial charge >= 0.3 is 0 Å². The molecular weight excluding hydrogens is 124 g/mol. The molecule has 1 fully saturated rings. The van der Waals surface area contributed by atoms with Gasteiger partial charge in [-0.1, -0.05) is 0 Å². The lowest BCUT2D eigenvalue weighted by Gasteiger charge is -2.18. The lowest BCUT2D eigenvalue weighted by Crippen LogP contribution is -2.29. The summed E-state index contributed by atoms with van der Waals surface area (Å²) in [5, 5.41) is 2.36. The highest BCUT2D eigenvalue weighted by molar-refractivity contribution is 4.99. The first-order chi connectivity index (χ1) is 4.97. The average Bonchev–Trinajstić information content (AvgIpc) is 2.59. The lowest BCUT2D eigenvalue weighted by atomic mass is 10.4. The fourth-order valence-electron chi connectivity index (χ4n) is 1.45. The Balaban J connectivity index is 2.12. The molecule has 1 aliphatic rings. The molecule has 0 radical (unpaired) electrons. The molecule has 1 aromatic rings. The van der Waals surface area contributed by atoms with Gasteiger partial charge < -0.3 is 5.01 Å². The number of hydrogen-bond donors (Lipinski definition) is 0. The van der Waals surface area contributed by atoms with Crippen molar-refractivity contribution in [3.05, 3.63) is 24.5 Å². The van der Waals surface area contributed by atoms with Crippen molar-refractivity contribution >= 4 is 0 Å². The molecule has 10 heavy (non-hydrogen) atoms. The van der Waals surface area contributed by atoms with Crippen molar-refractivity contribution in [3.63, 3.8) is 0 Å². The van der Waals surface area contributed by atoms with Gasteiger partial charge in [-0.3, -0.25) is 4.68 Å². The van der Waals surface area contributed by atoms with Crippen molar-refractivity contribution in [1.82, 2.24) is 4.68 Å². The minimum Gasteiger partial charge on any atom is -0.313 e. The van der Waals surface area contributed by atoms with Crippen LogP contribution in [0.15, 0.2) is 24.5 Å². The number of rotatable bonds is 1. The second-order valence-electron chi connectivity index (χ2n) is 2.72. The highest BCUT2D eigenvalue weighted by Crippen LogP contribution is 2.06. The molecule has 0 saturated carbocycles. The Hall–Kier alpha value is -0.920. The van der Waals surface area contributed by atoms with Gasteiger partial charge in [0.1, 0.15) is 0 Å². The molecule has 0 unspecified atom stereocenters. The van der Waals surface area contributed by atoms with Crippen LogP contribution in [0.2, 0.25) is 0 Å². The Morgan fingerprint density at radius 3 is 2.10 bits per heavy atom. The highest BCUT2D eigenvalue weighted by atomic mass is 15.5. The van der Waals surface area contributed by atoms with Crippen LogP contribution in [-0.2, 0) is 0 Å². The van der Waals surface area contributed by atoms with Gasteiger partial charge in [-0.2, -0.15) is 0 Å². The second kappa shape index (κ2) is 2.37. The molecule has 2 heterocycles. The molecule has 0 atom stereocenters. The zero-order valence-electron chi connectivity index (χ0n) is 6.03. The van der Waals surface area contributed by atoms with Gasteiger partial charge in [0, 0.05) is 25.5 Å². The molecule has 2 rings (SSSR count). The molecule has 0 aliphatic carbocycles. The Morgan fingerprint density at radius 1 is 0.900 bits per heavy atom. The highest BCUT2D eigenvalue weighted by Gasteiger charge is 2.09. The summed E-state index contributed by atoms with van der Waals surface area (Å²) in [7, 11) is 0. The molecule has 54 valence electrons. The summed E-state index contributed by atoms with van der Waals surface area (Å²) in [6.07, 6.45) is 6.90. The van der Waals surface area contributed by atoms with Crippen molar-refractivity contribution in [3.8, 4) is 0 Å². The molecule has 0 aromatic carbocycles. The zero-order valence-corrected chi connectivity index (χ0v) is 6.03. The van der Waals surface area contributed by atoms with Gasteiger partial charge in [0.05, 0.1) is 0 Å². The SMILES string of the molecule is c1ccn(N2CCCC2)c1. The predicted molar refractivity (Wildman–Crippen MR) is 41.6 cm³/mol. The third-order valence-corrected chi connectivity index (χ3v) is 2.00. The summed E-state index contributed by atoms with van der Waals surface area (Å²) in [5.41, 5.74) is 0. The van der Waals surface area contributed by atoms with Crippen LogP contribution in [0.25, 0.3) is 0 Å². The topological polar surface area (TPSA) is 8.17 Å². The van der Waals surface area contributed by atoms with Crippen molar-refractivity contribution in [1.29, 1.82) is 0 Å². The molecule has 0 amide bonds. The van der Waals surface area contributed by atoms with Gasteiger partial charge in [0.2, 0.25) is 0 Å².